The van der Waals surface area contributed by atoms with Crippen LogP contribution >= 0.6 is 11.3 Å². The maximum absolute atomic E-state index is 12.5. The molecule has 0 fully saturated rings. The van der Waals surface area contributed by atoms with Crippen LogP contribution in [0.1, 0.15) is 20.8 Å². The monoisotopic (exact) mass is 374 g/mol. The Balaban J connectivity index is 1.88. The minimum atomic E-state index is -1.15. The molecule has 3 rings (SSSR count). The summed E-state index contributed by atoms with van der Waals surface area (Å²) in [5, 5.41) is 20.8. The molecule has 9 nitrogen and oxygen atoms in total. The highest BCUT2D eigenvalue weighted by atomic mass is 32.1. The van der Waals surface area contributed by atoms with Crippen molar-refractivity contribution in [2.75, 3.05) is 0 Å². The van der Waals surface area contributed by atoms with Gasteiger partial charge < -0.3 is 16.0 Å². The predicted molar refractivity (Wildman–Crippen MR) is 96.3 cm³/mol. The van der Waals surface area contributed by atoms with E-state index >= 15 is 0 Å². The van der Waals surface area contributed by atoms with Gasteiger partial charge in [-0.25, -0.2) is 9.59 Å². The zero-order valence-corrected chi connectivity index (χ0v) is 14.1. The van der Waals surface area contributed by atoms with Gasteiger partial charge in [-0.2, -0.15) is 0 Å². The summed E-state index contributed by atoms with van der Waals surface area (Å²) in [5.74, 6) is -1.16. The largest absolute Gasteiger partial charge is 0.477 e. The molecular weight excluding hydrogens is 360 g/mol. The third kappa shape index (κ3) is 3.22. The SMILES string of the molecule is NC(=NO)c1ccc(CCn2c(=O)[nH]c3sc(C(=O)O)cc3c2=O)cc1. The van der Waals surface area contributed by atoms with Crippen LogP contribution in [-0.4, -0.2) is 31.7 Å². The Morgan fingerprint density at radius 2 is 1.96 bits per heavy atom. The molecule has 0 saturated heterocycles. The molecule has 134 valence electrons. The van der Waals surface area contributed by atoms with Crippen molar-refractivity contribution in [3.63, 3.8) is 0 Å². The number of carboxylic acid groups (broad SMARTS) is 1. The molecule has 5 N–H and O–H groups in total. The molecule has 2 heterocycles. The molecule has 1 aromatic carbocycles. The number of aromatic nitrogens is 2. The highest BCUT2D eigenvalue weighted by molar-refractivity contribution is 7.20. The number of aromatic carboxylic acids is 1. The number of benzene rings is 1. The Morgan fingerprint density at radius 1 is 1.27 bits per heavy atom. The molecule has 0 saturated carbocycles. The van der Waals surface area contributed by atoms with Gasteiger partial charge >= 0.3 is 11.7 Å². The van der Waals surface area contributed by atoms with Crippen LogP contribution in [0.2, 0.25) is 0 Å². The van der Waals surface area contributed by atoms with Crippen molar-refractivity contribution in [2.24, 2.45) is 10.9 Å². The number of rotatable bonds is 5. The van der Waals surface area contributed by atoms with Crippen molar-refractivity contribution in [1.82, 2.24) is 9.55 Å². The standard InChI is InChI=1S/C16H14N4O5S/c17-12(19-25)9-3-1-8(2-4-9)5-6-20-14(21)10-7-11(15(22)23)26-13(10)18-16(20)24/h1-4,7,25H,5-6H2,(H2,17,19)(H,18,24)(H,22,23). The number of aryl methyl sites for hydroxylation is 1. The molecule has 0 atom stereocenters. The second-order valence-corrected chi connectivity index (χ2v) is 6.53. The molecule has 2 aromatic heterocycles. The number of carbonyl (C=O) groups is 1. The summed E-state index contributed by atoms with van der Waals surface area (Å²) in [4.78, 5) is 38.4. The van der Waals surface area contributed by atoms with Crippen LogP contribution in [0.5, 0.6) is 0 Å². The molecule has 0 amide bonds. The predicted octanol–water partition coefficient (Wildman–Crippen LogP) is 0.787. The van der Waals surface area contributed by atoms with E-state index in [1.807, 2.05) is 0 Å². The molecule has 0 unspecified atom stereocenters. The van der Waals surface area contributed by atoms with Gasteiger partial charge in [-0.05, 0) is 18.1 Å². The third-order valence-electron chi connectivity index (χ3n) is 3.87. The van der Waals surface area contributed by atoms with Gasteiger partial charge in [0.25, 0.3) is 5.56 Å². The number of carboxylic acids is 1. The van der Waals surface area contributed by atoms with Crippen molar-refractivity contribution in [2.45, 2.75) is 13.0 Å². The summed E-state index contributed by atoms with van der Waals surface area (Å²) in [6.07, 6.45) is 0.404. The minimum Gasteiger partial charge on any atom is -0.477 e. The molecule has 26 heavy (non-hydrogen) atoms. The van der Waals surface area contributed by atoms with Gasteiger partial charge in [0, 0.05) is 12.1 Å². The summed E-state index contributed by atoms with van der Waals surface area (Å²) in [7, 11) is 0. The number of H-pyrrole nitrogens is 1. The average molecular weight is 374 g/mol. The second kappa shape index (κ2) is 6.84. The van der Waals surface area contributed by atoms with E-state index in [-0.39, 0.29) is 27.5 Å². The van der Waals surface area contributed by atoms with E-state index < -0.39 is 17.2 Å². The normalized spacial score (nSPS) is 11.8. The first-order valence-corrected chi connectivity index (χ1v) is 8.29. The number of nitrogens with one attached hydrogen (secondary N) is 1. The molecule has 3 aromatic rings. The number of aromatic amines is 1. The number of fused-ring (bicyclic) bond motifs is 1. The van der Waals surface area contributed by atoms with Crippen LogP contribution in [0.15, 0.2) is 45.1 Å². The highest BCUT2D eigenvalue weighted by Crippen LogP contribution is 2.19. The van der Waals surface area contributed by atoms with Crippen molar-refractivity contribution in [3.8, 4) is 0 Å². The fourth-order valence-corrected chi connectivity index (χ4v) is 3.37. The van der Waals surface area contributed by atoms with E-state index in [0.29, 0.717) is 12.0 Å². The number of hydrogen-bond donors (Lipinski definition) is 4. The summed E-state index contributed by atoms with van der Waals surface area (Å²) in [6.45, 7) is 0.130. The minimum absolute atomic E-state index is 0.00998. The second-order valence-electron chi connectivity index (χ2n) is 5.48. The first-order chi connectivity index (χ1) is 12.4. The van der Waals surface area contributed by atoms with E-state index in [0.717, 1.165) is 21.5 Å². The fourth-order valence-electron chi connectivity index (χ4n) is 2.49. The van der Waals surface area contributed by atoms with Crippen LogP contribution in [0, 0.1) is 0 Å². The number of amidine groups is 1. The van der Waals surface area contributed by atoms with E-state index in [2.05, 4.69) is 10.1 Å². The smallest absolute Gasteiger partial charge is 0.345 e. The molecule has 0 aliphatic rings. The van der Waals surface area contributed by atoms with Crippen LogP contribution < -0.4 is 17.0 Å². The molecule has 0 aliphatic heterocycles. The summed E-state index contributed by atoms with van der Waals surface area (Å²) in [6, 6.07) is 8.09. The lowest BCUT2D eigenvalue weighted by Gasteiger charge is -2.06. The number of oxime groups is 1. The number of hydrogen-bond acceptors (Lipinski definition) is 6. The van der Waals surface area contributed by atoms with Gasteiger partial charge in [0.1, 0.15) is 9.71 Å². The lowest BCUT2D eigenvalue weighted by molar-refractivity contribution is 0.0702. The summed E-state index contributed by atoms with van der Waals surface area (Å²) >= 11 is 0.851. The Labute approximate surface area is 149 Å². The van der Waals surface area contributed by atoms with E-state index in [4.69, 9.17) is 16.0 Å². The van der Waals surface area contributed by atoms with Crippen LogP contribution in [-0.2, 0) is 13.0 Å². The van der Waals surface area contributed by atoms with Crippen molar-refractivity contribution in [3.05, 3.63) is 67.2 Å². The van der Waals surface area contributed by atoms with E-state index in [1.165, 1.54) is 6.07 Å². The van der Waals surface area contributed by atoms with Crippen LogP contribution in [0.4, 0.5) is 0 Å². The van der Waals surface area contributed by atoms with Crippen molar-refractivity contribution >= 4 is 33.4 Å². The molecule has 0 bridgehead atoms. The molecule has 10 heteroatoms. The number of nitrogens with zero attached hydrogens (tertiary/aromatic N) is 2. The zero-order valence-electron chi connectivity index (χ0n) is 13.3. The molecule has 0 spiro atoms. The molecule has 0 aliphatic carbocycles. The quantitative estimate of drug-likeness (QED) is 0.224. The first kappa shape index (κ1) is 17.4. The Bertz CT molecular complexity index is 1120. The molecule has 0 radical (unpaired) electrons. The van der Waals surface area contributed by atoms with Gasteiger partial charge in [0.15, 0.2) is 5.84 Å². The molecular formula is C16H14N4O5S. The average Bonchev–Trinajstić information content (AvgIpc) is 3.06. The van der Waals surface area contributed by atoms with Gasteiger partial charge in [-0.3, -0.25) is 14.3 Å². The number of thiophene rings is 1. The third-order valence-corrected chi connectivity index (χ3v) is 4.90. The number of nitrogens with two attached hydrogens (primary N) is 1. The highest BCUT2D eigenvalue weighted by Gasteiger charge is 2.14. The summed E-state index contributed by atoms with van der Waals surface area (Å²) in [5.41, 5.74) is 5.78. The van der Waals surface area contributed by atoms with Gasteiger partial charge in [0.05, 0.1) is 5.39 Å². The van der Waals surface area contributed by atoms with E-state index in [1.54, 1.807) is 24.3 Å². The van der Waals surface area contributed by atoms with Gasteiger partial charge in [0.2, 0.25) is 0 Å². The zero-order chi connectivity index (χ0) is 18.8. The van der Waals surface area contributed by atoms with Crippen molar-refractivity contribution in [1.29, 1.82) is 0 Å². The van der Waals surface area contributed by atoms with Crippen molar-refractivity contribution < 1.29 is 15.1 Å². The summed E-state index contributed by atoms with van der Waals surface area (Å²) < 4.78 is 1.04. The Morgan fingerprint density at radius 3 is 2.58 bits per heavy atom. The maximum Gasteiger partial charge on any atom is 0.345 e. The Kier molecular flexibility index (Phi) is 4.59. The topological polar surface area (TPSA) is 151 Å². The first-order valence-electron chi connectivity index (χ1n) is 7.47. The fraction of sp³-hybridized carbons (Fsp3) is 0.125. The van der Waals surface area contributed by atoms with Gasteiger partial charge in [-0.1, -0.05) is 29.4 Å². The van der Waals surface area contributed by atoms with Crippen LogP contribution in [0.3, 0.4) is 0 Å². The Hall–Kier alpha value is -3.40. The maximum atomic E-state index is 12.5. The van der Waals surface area contributed by atoms with Crippen LogP contribution in [0.25, 0.3) is 10.2 Å². The van der Waals surface area contributed by atoms with E-state index in [9.17, 15) is 14.4 Å². The lowest BCUT2D eigenvalue weighted by atomic mass is 10.1. The van der Waals surface area contributed by atoms with Gasteiger partial charge in [-0.15, -0.1) is 11.3 Å². The lowest BCUT2D eigenvalue weighted by Crippen LogP contribution is -2.35.